The van der Waals surface area contributed by atoms with Crippen LogP contribution in [0, 0.1) is 0 Å². The summed E-state index contributed by atoms with van der Waals surface area (Å²) < 4.78 is 5.65. The fourth-order valence-corrected chi connectivity index (χ4v) is 4.56. The van der Waals surface area contributed by atoms with E-state index in [-0.39, 0.29) is 12.4 Å². The molecule has 1 N–H and O–H groups in total. The third kappa shape index (κ3) is 2.69. The molecule has 0 saturated carbocycles. The van der Waals surface area contributed by atoms with Crippen LogP contribution in [0.4, 0.5) is 0 Å². The SMILES string of the molecule is O=C(O)c1cccc(/C=C2\SC=NC2N2CCSC3OC32)c1. The second-order valence-electron chi connectivity index (χ2n) is 5.23. The number of benzene rings is 1. The van der Waals surface area contributed by atoms with Gasteiger partial charge in [0.05, 0.1) is 11.1 Å². The van der Waals surface area contributed by atoms with Gasteiger partial charge in [0.2, 0.25) is 0 Å². The Balaban J connectivity index is 1.58. The minimum Gasteiger partial charge on any atom is -0.478 e. The fraction of sp³-hybridized carbons (Fsp3) is 0.333. The molecule has 4 rings (SSSR count). The van der Waals surface area contributed by atoms with Gasteiger partial charge in [0.15, 0.2) is 0 Å². The van der Waals surface area contributed by atoms with Crippen LogP contribution in [0.3, 0.4) is 0 Å². The molecule has 3 aliphatic rings. The normalized spacial score (nSPS) is 32.2. The van der Waals surface area contributed by atoms with Crippen molar-refractivity contribution >= 4 is 41.1 Å². The Bertz CT molecular complexity index is 677. The molecule has 1 aromatic rings. The number of ether oxygens (including phenoxy) is 1. The number of rotatable bonds is 3. The van der Waals surface area contributed by atoms with E-state index in [2.05, 4.69) is 9.89 Å². The summed E-state index contributed by atoms with van der Waals surface area (Å²) in [5, 5.41) is 9.09. The van der Waals surface area contributed by atoms with Gasteiger partial charge in [0, 0.05) is 17.2 Å². The number of fused-ring (bicyclic) bond motifs is 1. The van der Waals surface area contributed by atoms with Crippen molar-refractivity contribution in [3.05, 3.63) is 40.3 Å². The molecule has 3 aliphatic heterocycles. The Morgan fingerprint density at radius 2 is 2.41 bits per heavy atom. The van der Waals surface area contributed by atoms with Crippen LogP contribution >= 0.6 is 23.5 Å². The van der Waals surface area contributed by atoms with Gasteiger partial charge in [-0.1, -0.05) is 23.9 Å². The zero-order chi connectivity index (χ0) is 15.1. The van der Waals surface area contributed by atoms with E-state index in [4.69, 9.17) is 9.84 Å². The van der Waals surface area contributed by atoms with Gasteiger partial charge in [-0.25, -0.2) is 9.69 Å². The van der Waals surface area contributed by atoms with Crippen LogP contribution in [0.5, 0.6) is 0 Å². The van der Waals surface area contributed by atoms with Crippen molar-refractivity contribution in [1.29, 1.82) is 0 Å². The highest BCUT2D eigenvalue weighted by atomic mass is 32.2. The van der Waals surface area contributed by atoms with Gasteiger partial charge in [-0.05, 0) is 23.8 Å². The van der Waals surface area contributed by atoms with Crippen molar-refractivity contribution < 1.29 is 14.6 Å². The molecule has 3 heterocycles. The maximum atomic E-state index is 11.1. The average Bonchev–Trinajstić information content (AvgIpc) is 3.19. The highest BCUT2D eigenvalue weighted by Crippen LogP contribution is 2.43. The van der Waals surface area contributed by atoms with E-state index < -0.39 is 5.97 Å². The largest absolute Gasteiger partial charge is 0.478 e. The van der Waals surface area contributed by atoms with E-state index in [1.54, 1.807) is 30.0 Å². The summed E-state index contributed by atoms with van der Waals surface area (Å²) in [5.41, 5.74) is 3.34. The molecule has 0 amide bonds. The number of thioether (sulfide) groups is 2. The molecule has 0 radical (unpaired) electrons. The predicted molar refractivity (Wildman–Crippen MR) is 89.1 cm³/mol. The summed E-state index contributed by atoms with van der Waals surface area (Å²) >= 11 is 3.45. The van der Waals surface area contributed by atoms with Gasteiger partial charge < -0.3 is 9.84 Å². The van der Waals surface area contributed by atoms with E-state index >= 15 is 0 Å². The van der Waals surface area contributed by atoms with Crippen molar-refractivity contribution in [2.24, 2.45) is 4.99 Å². The Morgan fingerprint density at radius 3 is 3.27 bits per heavy atom. The van der Waals surface area contributed by atoms with E-state index in [0.29, 0.717) is 11.0 Å². The second kappa shape index (κ2) is 5.73. The molecule has 22 heavy (non-hydrogen) atoms. The van der Waals surface area contributed by atoms with Crippen molar-refractivity contribution in [2.75, 3.05) is 12.3 Å². The fourth-order valence-electron chi connectivity index (χ4n) is 2.68. The first kappa shape index (κ1) is 14.3. The molecule has 1 aromatic carbocycles. The molecule has 114 valence electrons. The minimum atomic E-state index is -0.908. The predicted octanol–water partition coefficient (Wildman–Crippen LogP) is 2.56. The van der Waals surface area contributed by atoms with Gasteiger partial charge in [0.25, 0.3) is 0 Å². The molecule has 0 aliphatic carbocycles. The summed E-state index contributed by atoms with van der Waals surface area (Å²) in [7, 11) is 0. The first-order valence-electron chi connectivity index (χ1n) is 6.98. The lowest BCUT2D eigenvalue weighted by Gasteiger charge is -2.28. The molecule has 2 saturated heterocycles. The summed E-state index contributed by atoms with van der Waals surface area (Å²) in [6, 6.07) is 6.97. The van der Waals surface area contributed by atoms with Gasteiger partial charge >= 0.3 is 5.97 Å². The molecule has 0 spiro atoms. The Hall–Kier alpha value is -1.28. The molecule has 5 nitrogen and oxygen atoms in total. The maximum absolute atomic E-state index is 11.1. The highest BCUT2D eigenvalue weighted by Gasteiger charge is 2.50. The van der Waals surface area contributed by atoms with Crippen molar-refractivity contribution in [2.45, 2.75) is 17.8 Å². The van der Waals surface area contributed by atoms with Crippen LogP contribution < -0.4 is 0 Å². The third-order valence-corrected chi connectivity index (χ3v) is 5.71. The number of carboxylic acid groups (broad SMARTS) is 1. The molecule has 0 aromatic heterocycles. The number of carbonyl (C=O) groups is 1. The first-order valence-corrected chi connectivity index (χ1v) is 8.91. The molecule has 7 heteroatoms. The molecule has 0 bridgehead atoms. The smallest absolute Gasteiger partial charge is 0.335 e. The molecular formula is C15H14N2O3S2. The first-order chi connectivity index (χ1) is 10.7. The number of aliphatic imine (C=N–C) groups is 1. The van der Waals surface area contributed by atoms with Crippen LogP contribution in [0.1, 0.15) is 15.9 Å². The third-order valence-electron chi connectivity index (χ3n) is 3.79. The summed E-state index contributed by atoms with van der Waals surface area (Å²) in [4.78, 5) is 19.0. The minimum absolute atomic E-state index is 0.00520. The monoisotopic (exact) mass is 334 g/mol. The number of nitrogens with zero attached hydrogens (tertiary/aromatic N) is 2. The van der Waals surface area contributed by atoms with E-state index in [9.17, 15) is 4.79 Å². The van der Waals surface area contributed by atoms with Crippen LogP contribution in [0.15, 0.2) is 34.2 Å². The van der Waals surface area contributed by atoms with Crippen LogP contribution in [0.2, 0.25) is 0 Å². The van der Waals surface area contributed by atoms with Crippen LogP contribution in [-0.4, -0.2) is 51.6 Å². The van der Waals surface area contributed by atoms with E-state index in [0.717, 1.165) is 22.8 Å². The molecule has 3 unspecified atom stereocenters. The number of hydrogen-bond donors (Lipinski definition) is 1. The topological polar surface area (TPSA) is 65.4 Å². The number of epoxide rings is 1. The van der Waals surface area contributed by atoms with Crippen molar-refractivity contribution in [3.63, 3.8) is 0 Å². The zero-order valence-corrected chi connectivity index (χ0v) is 13.2. The van der Waals surface area contributed by atoms with Crippen molar-refractivity contribution in [3.8, 4) is 0 Å². The van der Waals surface area contributed by atoms with Gasteiger partial charge in [0.1, 0.15) is 17.8 Å². The van der Waals surface area contributed by atoms with Crippen LogP contribution in [0.25, 0.3) is 6.08 Å². The van der Waals surface area contributed by atoms with Crippen LogP contribution in [-0.2, 0) is 4.74 Å². The Kier molecular flexibility index (Phi) is 3.73. The number of hydrogen-bond acceptors (Lipinski definition) is 6. The lowest BCUT2D eigenvalue weighted by Crippen LogP contribution is -2.40. The van der Waals surface area contributed by atoms with E-state index in [1.807, 2.05) is 29.5 Å². The molecule has 2 fully saturated rings. The molecular weight excluding hydrogens is 320 g/mol. The Morgan fingerprint density at radius 1 is 1.50 bits per heavy atom. The second-order valence-corrected chi connectivity index (χ2v) is 7.35. The zero-order valence-electron chi connectivity index (χ0n) is 11.6. The highest BCUT2D eigenvalue weighted by molar-refractivity contribution is 8.15. The molecule has 3 atom stereocenters. The van der Waals surface area contributed by atoms with Gasteiger partial charge in [-0.2, -0.15) is 0 Å². The lowest BCUT2D eigenvalue weighted by molar-refractivity contribution is 0.0697. The summed E-state index contributed by atoms with van der Waals surface area (Å²) in [5.74, 6) is 0.147. The summed E-state index contributed by atoms with van der Waals surface area (Å²) in [6.07, 6.45) is 2.19. The number of carboxylic acids is 1. The quantitative estimate of drug-likeness (QED) is 0.857. The van der Waals surface area contributed by atoms with Crippen molar-refractivity contribution in [1.82, 2.24) is 4.90 Å². The van der Waals surface area contributed by atoms with Gasteiger partial charge in [-0.3, -0.25) is 4.99 Å². The number of aromatic carboxylic acids is 1. The Labute approximate surface area is 136 Å². The lowest BCUT2D eigenvalue weighted by atomic mass is 10.1. The van der Waals surface area contributed by atoms with Gasteiger partial charge in [-0.15, -0.1) is 11.8 Å². The summed E-state index contributed by atoms with van der Waals surface area (Å²) in [6.45, 7) is 0.959. The maximum Gasteiger partial charge on any atom is 0.335 e. The average molecular weight is 334 g/mol. The standard InChI is InChI=1S/C15H14N2O3S2/c18-14(19)10-3-1-2-9(6-10)7-11-12(16-8-22-11)17-4-5-21-15-13(17)20-15/h1-3,6-8,12-13,15H,4-5H2,(H,18,19)/b11-7-. The van der Waals surface area contributed by atoms with E-state index in [1.165, 1.54) is 0 Å².